The van der Waals surface area contributed by atoms with Gasteiger partial charge in [0.25, 0.3) is 0 Å². The lowest BCUT2D eigenvalue weighted by molar-refractivity contribution is 0.110. The Kier molecular flexibility index (Phi) is 2.11. The Labute approximate surface area is 97.0 Å². The molecule has 1 saturated heterocycles. The Morgan fingerprint density at radius 1 is 1.24 bits per heavy atom. The second-order valence-corrected chi connectivity index (χ2v) is 4.38. The first-order chi connectivity index (χ1) is 8.13. The molecule has 90 valence electrons. The maximum atomic E-state index is 13.2. The van der Waals surface area contributed by atoms with Crippen LogP contribution in [-0.2, 0) is 4.74 Å². The van der Waals surface area contributed by atoms with Crippen LogP contribution >= 0.6 is 0 Å². The van der Waals surface area contributed by atoms with Crippen LogP contribution < -0.4 is 0 Å². The number of carbonyl (C=O) groups is 1. The molecular formula is C12H11F2NO2. The number of amides is 1. The summed E-state index contributed by atoms with van der Waals surface area (Å²) >= 11 is 0. The van der Waals surface area contributed by atoms with E-state index in [4.69, 9.17) is 4.74 Å². The lowest BCUT2D eigenvalue weighted by atomic mass is 9.92. The summed E-state index contributed by atoms with van der Waals surface area (Å²) in [6.07, 6.45) is 1.12. The number of methoxy groups -OCH3 is 1. The number of hydrogen-bond donors (Lipinski definition) is 0. The third-order valence-electron chi connectivity index (χ3n) is 3.61. The van der Waals surface area contributed by atoms with E-state index in [-0.39, 0.29) is 12.1 Å². The zero-order valence-corrected chi connectivity index (χ0v) is 9.24. The van der Waals surface area contributed by atoms with Crippen molar-refractivity contribution in [3.63, 3.8) is 0 Å². The predicted octanol–water partition coefficient (Wildman–Crippen LogP) is 2.92. The molecule has 5 heteroatoms. The number of carbonyl (C=O) groups excluding carboxylic acids is 1. The van der Waals surface area contributed by atoms with E-state index >= 15 is 0 Å². The van der Waals surface area contributed by atoms with Crippen molar-refractivity contribution in [2.45, 2.75) is 24.9 Å². The second kappa shape index (κ2) is 3.42. The van der Waals surface area contributed by atoms with E-state index in [1.807, 2.05) is 0 Å². The molecule has 2 aliphatic rings. The van der Waals surface area contributed by atoms with E-state index in [9.17, 15) is 13.6 Å². The number of benzene rings is 1. The summed E-state index contributed by atoms with van der Waals surface area (Å²) in [5.41, 5.74) is 1.43. The van der Waals surface area contributed by atoms with Gasteiger partial charge in [-0.2, -0.15) is 0 Å². The first-order valence-corrected chi connectivity index (χ1v) is 5.48. The quantitative estimate of drug-likeness (QED) is 0.696. The minimum absolute atomic E-state index is 0.169. The number of fused-ring (bicyclic) bond motifs is 5. The zero-order chi connectivity index (χ0) is 12.2. The lowest BCUT2D eigenvalue weighted by Gasteiger charge is -2.20. The highest BCUT2D eigenvalue weighted by molar-refractivity contribution is 5.71. The number of ether oxygens (including phenoxy) is 1. The molecule has 0 N–H and O–H groups in total. The predicted molar refractivity (Wildman–Crippen MR) is 55.3 cm³/mol. The third kappa shape index (κ3) is 1.28. The smallest absolute Gasteiger partial charge is 0.410 e. The van der Waals surface area contributed by atoms with Crippen molar-refractivity contribution < 1.29 is 18.3 Å². The number of rotatable bonds is 0. The molecule has 2 bridgehead atoms. The Bertz CT molecular complexity index is 467. The average molecular weight is 239 g/mol. The van der Waals surface area contributed by atoms with Gasteiger partial charge in [-0.3, -0.25) is 4.90 Å². The molecule has 2 heterocycles. The van der Waals surface area contributed by atoms with Gasteiger partial charge in [0.1, 0.15) is 0 Å². The van der Waals surface area contributed by atoms with Crippen molar-refractivity contribution in [3.8, 4) is 0 Å². The van der Waals surface area contributed by atoms with Gasteiger partial charge in [-0.1, -0.05) is 0 Å². The van der Waals surface area contributed by atoms with Crippen molar-refractivity contribution in [2.24, 2.45) is 0 Å². The molecular weight excluding hydrogens is 228 g/mol. The Morgan fingerprint density at radius 2 is 1.71 bits per heavy atom. The minimum atomic E-state index is -0.860. The SMILES string of the molecule is COC(=O)N1[C@@H]2CC[C@H]1c1cc(F)c(F)cc12. The van der Waals surface area contributed by atoms with Gasteiger partial charge in [0.05, 0.1) is 19.2 Å². The highest BCUT2D eigenvalue weighted by Crippen LogP contribution is 2.53. The molecule has 17 heavy (non-hydrogen) atoms. The number of hydrogen-bond acceptors (Lipinski definition) is 2. The van der Waals surface area contributed by atoms with Gasteiger partial charge in [-0.25, -0.2) is 13.6 Å². The van der Waals surface area contributed by atoms with E-state index in [1.54, 1.807) is 4.90 Å². The van der Waals surface area contributed by atoms with Crippen LogP contribution in [0.5, 0.6) is 0 Å². The van der Waals surface area contributed by atoms with E-state index in [2.05, 4.69) is 0 Å². The van der Waals surface area contributed by atoms with Gasteiger partial charge in [0, 0.05) is 0 Å². The van der Waals surface area contributed by atoms with Crippen molar-refractivity contribution in [1.82, 2.24) is 4.90 Å². The van der Waals surface area contributed by atoms with E-state index in [0.29, 0.717) is 11.1 Å². The fourth-order valence-electron chi connectivity index (χ4n) is 2.94. The zero-order valence-electron chi connectivity index (χ0n) is 9.24. The second-order valence-electron chi connectivity index (χ2n) is 4.38. The standard InChI is InChI=1S/C12H11F2NO2/c1-17-12(16)15-10-2-3-11(15)7-5-9(14)8(13)4-6(7)10/h4-5,10-11H,2-3H2,1H3/t10-,11+. The van der Waals surface area contributed by atoms with E-state index < -0.39 is 17.7 Å². The summed E-state index contributed by atoms with van der Waals surface area (Å²) in [6, 6.07) is 2.06. The summed E-state index contributed by atoms with van der Waals surface area (Å²) in [5, 5.41) is 0. The van der Waals surface area contributed by atoms with Gasteiger partial charge >= 0.3 is 6.09 Å². The Hall–Kier alpha value is -1.65. The normalized spacial score (nSPS) is 25.0. The van der Waals surface area contributed by atoms with Crippen LogP contribution in [0.3, 0.4) is 0 Å². The molecule has 0 unspecified atom stereocenters. The van der Waals surface area contributed by atoms with Crippen LogP contribution in [0.15, 0.2) is 12.1 Å². The fourth-order valence-corrected chi connectivity index (χ4v) is 2.94. The average Bonchev–Trinajstić information content (AvgIpc) is 2.85. The molecule has 2 aliphatic heterocycles. The van der Waals surface area contributed by atoms with E-state index in [1.165, 1.54) is 19.2 Å². The molecule has 3 rings (SSSR count). The van der Waals surface area contributed by atoms with Crippen LogP contribution in [0.25, 0.3) is 0 Å². The molecule has 1 fully saturated rings. The van der Waals surface area contributed by atoms with Crippen molar-refractivity contribution in [3.05, 3.63) is 34.9 Å². The molecule has 0 radical (unpaired) electrons. The Balaban J connectivity index is 2.08. The molecule has 3 nitrogen and oxygen atoms in total. The van der Waals surface area contributed by atoms with Gasteiger partial charge in [0.15, 0.2) is 11.6 Å². The van der Waals surface area contributed by atoms with Gasteiger partial charge < -0.3 is 4.74 Å². The maximum absolute atomic E-state index is 13.2. The van der Waals surface area contributed by atoms with Crippen molar-refractivity contribution >= 4 is 6.09 Å². The summed E-state index contributed by atoms with van der Waals surface area (Å²) in [5.74, 6) is -1.72. The molecule has 1 aromatic carbocycles. The van der Waals surface area contributed by atoms with Crippen LogP contribution in [0.1, 0.15) is 36.1 Å². The number of nitrogens with zero attached hydrogens (tertiary/aromatic N) is 1. The molecule has 1 amide bonds. The molecule has 2 atom stereocenters. The van der Waals surface area contributed by atoms with Gasteiger partial charge in [-0.05, 0) is 36.1 Å². The molecule has 0 aliphatic carbocycles. The molecule has 0 saturated carbocycles. The fraction of sp³-hybridized carbons (Fsp3) is 0.417. The number of halogens is 2. The van der Waals surface area contributed by atoms with Gasteiger partial charge in [-0.15, -0.1) is 0 Å². The minimum Gasteiger partial charge on any atom is -0.453 e. The van der Waals surface area contributed by atoms with Crippen molar-refractivity contribution in [1.29, 1.82) is 0 Å². The largest absolute Gasteiger partial charge is 0.453 e. The highest BCUT2D eigenvalue weighted by Gasteiger charge is 2.47. The van der Waals surface area contributed by atoms with Crippen LogP contribution in [-0.4, -0.2) is 18.1 Å². The highest BCUT2D eigenvalue weighted by atomic mass is 19.2. The lowest BCUT2D eigenvalue weighted by Crippen LogP contribution is -2.27. The van der Waals surface area contributed by atoms with Crippen LogP contribution in [0.2, 0.25) is 0 Å². The maximum Gasteiger partial charge on any atom is 0.410 e. The molecule has 0 aromatic heterocycles. The summed E-state index contributed by atoms with van der Waals surface area (Å²) in [7, 11) is 1.31. The molecule has 0 spiro atoms. The summed E-state index contributed by atoms with van der Waals surface area (Å²) in [6.45, 7) is 0. The van der Waals surface area contributed by atoms with Gasteiger partial charge in [0.2, 0.25) is 0 Å². The van der Waals surface area contributed by atoms with E-state index in [0.717, 1.165) is 12.8 Å². The first-order valence-electron chi connectivity index (χ1n) is 5.48. The Morgan fingerprint density at radius 3 is 2.12 bits per heavy atom. The van der Waals surface area contributed by atoms with Crippen LogP contribution in [0, 0.1) is 11.6 Å². The topological polar surface area (TPSA) is 29.5 Å². The monoisotopic (exact) mass is 239 g/mol. The van der Waals surface area contributed by atoms with Crippen LogP contribution in [0.4, 0.5) is 13.6 Å². The summed E-state index contributed by atoms with van der Waals surface area (Å²) < 4.78 is 31.1. The summed E-state index contributed by atoms with van der Waals surface area (Å²) in [4.78, 5) is 13.2. The third-order valence-corrected chi connectivity index (χ3v) is 3.61. The van der Waals surface area contributed by atoms with Crippen molar-refractivity contribution in [2.75, 3.05) is 7.11 Å². The molecule has 1 aromatic rings. The first kappa shape index (κ1) is 10.5.